The van der Waals surface area contributed by atoms with E-state index in [1.165, 1.54) is 0 Å². The van der Waals surface area contributed by atoms with Gasteiger partial charge in [-0.25, -0.2) is 9.97 Å². The Kier molecular flexibility index (Phi) is 3.73. The molecule has 108 valence electrons. The van der Waals surface area contributed by atoms with Gasteiger partial charge in [0.1, 0.15) is 6.07 Å². The number of thiazole rings is 1. The number of imidazole rings is 2. The van der Waals surface area contributed by atoms with Gasteiger partial charge in [-0.15, -0.1) is 11.3 Å². The van der Waals surface area contributed by atoms with E-state index in [1.54, 1.807) is 28.3 Å². The van der Waals surface area contributed by atoms with Gasteiger partial charge in [-0.3, -0.25) is 8.97 Å². The molecule has 0 saturated heterocycles. The van der Waals surface area contributed by atoms with E-state index in [2.05, 4.69) is 39.6 Å². The summed E-state index contributed by atoms with van der Waals surface area (Å²) in [7, 11) is 0. The van der Waals surface area contributed by atoms with E-state index < -0.39 is 0 Å². The number of hydrogen-bond donors (Lipinski definition) is 1. The fraction of sp³-hybridized carbons (Fsp3) is 0.357. The summed E-state index contributed by atoms with van der Waals surface area (Å²) < 4.78 is 3.81. The van der Waals surface area contributed by atoms with Crippen LogP contribution in [0.4, 0.5) is 0 Å². The molecule has 0 saturated carbocycles. The van der Waals surface area contributed by atoms with E-state index in [0.29, 0.717) is 18.3 Å². The number of nitrogens with one attached hydrogen (secondary N) is 1. The van der Waals surface area contributed by atoms with Crippen molar-refractivity contribution >= 4 is 16.3 Å². The molecule has 0 aliphatic heterocycles. The minimum absolute atomic E-state index is 0.353. The van der Waals surface area contributed by atoms with Crippen molar-refractivity contribution in [2.75, 3.05) is 6.54 Å². The molecule has 6 nitrogen and oxygen atoms in total. The van der Waals surface area contributed by atoms with Crippen molar-refractivity contribution < 1.29 is 0 Å². The third kappa shape index (κ3) is 2.55. The fourth-order valence-electron chi connectivity index (χ4n) is 2.21. The molecule has 0 unspecified atom stereocenters. The summed E-state index contributed by atoms with van der Waals surface area (Å²) in [6, 6.07) is 2.10. The first kappa shape index (κ1) is 13.8. The minimum Gasteiger partial charge on any atom is -0.311 e. The monoisotopic (exact) mass is 300 g/mol. The summed E-state index contributed by atoms with van der Waals surface area (Å²) in [5, 5.41) is 14.6. The number of hydrogen-bond acceptors (Lipinski definition) is 5. The highest BCUT2D eigenvalue weighted by molar-refractivity contribution is 7.15. The lowest BCUT2D eigenvalue weighted by atomic mass is 10.2. The molecule has 0 radical (unpaired) electrons. The molecule has 0 atom stereocenters. The summed E-state index contributed by atoms with van der Waals surface area (Å²) in [6.45, 7) is 5.99. The van der Waals surface area contributed by atoms with Crippen LogP contribution >= 0.6 is 11.3 Å². The summed E-state index contributed by atoms with van der Waals surface area (Å²) in [6.07, 6.45) is 5.40. The first-order chi connectivity index (χ1) is 10.2. The summed E-state index contributed by atoms with van der Waals surface area (Å²) in [5.41, 5.74) is 1.04. The van der Waals surface area contributed by atoms with Crippen LogP contribution in [0.5, 0.6) is 0 Å². The van der Waals surface area contributed by atoms with Crippen LogP contribution in [0.25, 0.3) is 10.8 Å². The third-order valence-electron chi connectivity index (χ3n) is 3.15. The summed E-state index contributed by atoms with van der Waals surface area (Å²) in [5.74, 6) is 1.71. The van der Waals surface area contributed by atoms with Gasteiger partial charge in [0, 0.05) is 30.5 Å². The Morgan fingerprint density at radius 3 is 3.05 bits per heavy atom. The van der Waals surface area contributed by atoms with Gasteiger partial charge in [-0.05, 0) is 12.5 Å². The Hall–Kier alpha value is -2.17. The van der Waals surface area contributed by atoms with E-state index >= 15 is 0 Å². The molecule has 0 amide bonds. The van der Waals surface area contributed by atoms with Crippen molar-refractivity contribution in [2.24, 2.45) is 5.92 Å². The average molecular weight is 300 g/mol. The quantitative estimate of drug-likeness (QED) is 0.784. The van der Waals surface area contributed by atoms with Crippen molar-refractivity contribution in [1.82, 2.24) is 24.3 Å². The summed E-state index contributed by atoms with van der Waals surface area (Å²) >= 11 is 1.58. The summed E-state index contributed by atoms with van der Waals surface area (Å²) in [4.78, 5) is 9.61. The lowest BCUT2D eigenvalue weighted by Gasteiger charge is -2.09. The maximum absolute atomic E-state index is 9.15. The fourth-order valence-corrected chi connectivity index (χ4v) is 2.94. The van der Waals surface area contributed by atoms with Gasteiger partial charge < -0.3 is 5.32 Å². The minimum atomic E-state index is 0.353. The Labute approximate surface area is 126 Å². The van der Waals surface area contributed by atoms with Crippen LogP contribution in [0.15, 0.2) is 24.0 Å². The number of rotatable bonds is 5. The Morgan fingerprint density at radius 1 is 1.43 bits per heavy atom. The molecular weight excluding hydrogens is 284 g/mol. The van der Waals surface area contributed by atoms with Gasteiger partial charge in [0.25, 0.3) is 0 Å². The highest BCUT2D eigenvalue weighted by atomic mass is 32.1. The van der Waals surface area contributed by atoms with E-state index in [9.17, 15) is 0 Å². The molecule has 3 heterocycles. The number of nitrogens with zero attached hydrogens (tertiary/aromatic N) is 5. The van der Waals surface area contributed by atoms with Gasteiger partial charge in [0.2, 0.25) is 5.82 Å². The maximum atomic E-state index is 9.15. The van der Waals surface area contributed by atoms with Crippen molar-refractivity contribution in [1.29, 1.82) is 5.26 Å². The topological polar surface area (TPSA) is 70.9 Å². The van der Waals surface area contributed by atoms with E-state index in [0.717, 1.165) is 23.0 Å². The lowest BCUT2D eigenvalue weighted by molar-refractivity contribution is 0.546. The molecule has 0 fully saturated rings. The molecule has 0 bridgehead atoms. The highest BCUT2D eigenvalue weighted by Gasteiger charge is 2.16. The van der Waals surface area contributed by atoms with Crippen LogP contribution in [-0.4, -0.2) is 25.5 Å². The number of nitriles is 1. The van der Waals surface area contributed by atoms with E-state index in [1.807, 2.05) is 11.6 Å². The van der Waals surface area contributed by atoms with Gasteiger partial charge in [-0.2, -0.15) is 5.26 Å². The Morgan fingerprint density at radius 2 is 2.29 bits per heavy atom. The molecule has 1 N–H and O–H groups in total. The number of fused-ring (bicyclic) bond motifs is 1. The lowest BCUT2D eigenvalue weighted by Crippen LogP contribution is -2.20. The van der Waals surface area contributed by atoms with E-state index in [-0.39, 0.29) is 0 Å². The Bertz CT molecular complexity index is 788. The molecule has 3 rings (SSSR count). The van der Waals surface area contributed by atoms with Crippen LogP contribution in [-0.2, 0) is 6.54 Å². The van der Waals surface area contributed by atoms with Crippen molar-refractivity contribution in [3.8, 4) is 11.9 Å². The van der Waals surface area contributed by atoms with Crippen molar-refractivity contribution in [2.45, 2.75) is 20.4 Å². The molecule has 3 aromatic heterocycles. The highest BCUT2D eigenvalue weighted by Crippen LogP contribution is 2.21. The number of aromatic nitrogens is 4. The van der Waals surface area contributed by atoms with Gasteiger partial charge in [0.15, 0.2) is 10.8 Å². The van der Waals surface area contributed by atoms with E-state index in [4.69, 9.17) is 5.26 Å². The molecule has 3 aromatic rings. The van der Waals surface area contributed by atoms with Crippen LogP contribution < -0.4 is 5.32 Å². The van der Waals surface area contributed by atoms with Crippen LogP contribution in [0.1, 0.15) is 25.4 Å². The maximum Gasteiger partial charge on any atom is 0.218 e. The molecule has 7 heteroatoms. The van der Waals surface area contributed by atoms with Gasteiger partial charge in [-0.1, -0.05) is 13.8 Å². The first-order valence-electron chi connectivity index (χ1n) is 6.79. The second-order valence-electron chi connectivity index (χ2n) is 5.20. The predicted molar refractivity (Wildman–Crippen MR) is 81.5 cm³/mol. The average Bonchev–Trinajstić information content (AvgIpc) is 3.13. The second kappa shape index (κ2) is 5.68. The van der Waals surface area contributed by atoms with Crippen LogP contribution in [0.3, 0.4) is 0 Å². The largest absolute Gasteiger partial charge is 0.311 e. The predicted octanol–water partition coefficient (Wildman–Crippen LogP) is 2.20. The van der Waals surface area contributed by atoms with Gasteiger partial charge >= 0.3 is 0 Å². The van der Waals surface area contributed by atoms with Crippen molar-refractivity contribution in [3.05, 3.63) is 35.5 Å². The smallest absolute Gasteiger partial charge is 0.218 e. The SMILES string of the molecule is CC(C)CNCc1c(-n2ccnc2C#N)nc2sccn12. The third-order valence-corrected chi connectivity index (χ3v) is 3.91. The molecule has 0 aromatic carbocycles. The molecular formula is C14H16N6S. The molecule has 0 aliphatic carbocycles. The molecule has 0 aliphatic rings. The van der Waals surface area contributed by atoms with Gasteiger partial charge in [0.05, 0.1) is 5.69 Å². The van der Waals surface area contributed by atoms with Crippen LogP contribution in [0.2, 0.25) is 0 Å². The Balaban J connectivity index is 2.02. The van der Waals surface area contributed by atoms with Crippen LogP contribution in [0, 0.1) is 17.2 Å². The normalized spacial score (nSPS) is 11.3. The standard InChI is InChI=1S/C14H16N6S/c1-10(2)8-16-9-11-13(18-14-19(11)5-6-21-14)20-4-3-17-12(20)7-15/h3-6,10,16H,8-9H2,1-2H3. The first-order valence-corrected chi connectivity index (χ1v) is 7.67. The molecule has 21 heavy (non-hydrogen) atoms. The molecule has 0 spiro atoms. The zero-order valence-electron chi connectivity index (χ0n) is 11.9. The zero-order chi connectivity index (χ0) is 14.8. The van der Waals surface area contributed by atoms with Crippen molar-refractivity contribution in [3.63, 3.8) is 0 Å². The second-order valence-corrected chi connectivity index (χ2v) is 6.07. The zero-order valence-corrected chi connectivity index (χ0v) is 12.8.